The fourth-order valence-electron chi connectivity index (χ4n) is 2.72. The molecule has 0 bridgehead atoms. The maximum Gasteiger partial charge on any atom is 0.138 e. The fraction of sp³-hybridized carbons (Fsp3) is 0.250. The summed E-state index contributed by atoms with van der Waals surface area (Å²) in [7, 11) is 0. The number of thioether (sulfide) groups is 1. The van der Waals surface area contributed by atoms with Gasteiger partial charge in [-0.05, 0) is 36.8 Å². The molecule has 0 saturated heterocycles. The van der Waals surface area contributed by atoms with Crippen molar-refractivity contribution < 1.29 is 0 Å². The number of aromatic nitrogens is 5. The molecule has 5 nitrogen and oxygen atoms in total. The number of fused-ring (bicyclic) bond motifs is 3. The molecule has 1 aliphatic carbocycles. The van der Waals surface area contributed by atoms with Crippen molar-refractivity contribution in [1.29, 1.82) is 0 Å². The van der Waals surface area contributed by atoms with Crippen LogP contribution in [0.25, 0.3) is 16.9 Å². The average Bonchev–Trinajstić information content (AvgIpc) is 3.01. The van der Waals surface area contributed by atoms with Crippen molar-refractivity contribution in [1.82, 2.24) is 24.7 Å². The van der Waals surface area contributed by atoms with Crippen molar-refractivity contribution in [2.45, 2.75) is 18.6 Å². The predicted octanol–water partition coefficient (Wildman–Crippen LogP) is 2.69. The van der Waals surface area contributed by atoms with E-state index >= 15 is 0 Å². The highest BCUT2D eigenvalue weighted by atomic mass is 32.2. The Hall–Kier alpha value is -2.21. The Bertz CT molecular complexity index is 813. The first kappa shape index (κ1) is 13.5. The zero-order valence-electron chi connectivity index (χ0n) is 12.2. The first-order valence-electron chi connectivity index (χ1n) is 7.18. The van der Waals surface area contributed by atoms with Crippen LogP contribution in [0.3, 0.4) is 0 Å². The van der Waals surface area contributed by atoms with Crippen LogP contribution >= 0.6 is 11.8 Å². The van der Waals surface area contributed by atoms with Gasteiger partial charge in [0.05, 0.1) is 29.0 Å². The van der Waals surface area contributed by atoms with Gasteiger partial charge in [-0.1, -0.05) is 0 Å². The molecule has 110 valence electrons. The Balaban J connectivity index is 1.81. The van der Waals surface area contributed by atoms with Crippen LogP contribution in [-0.4, -0.2) is 31.0 Å². The highest BCUT2D eigenvalue weighted by Crippen LogP contribution is 2.31. The third-order valence-corrected chi connectivity index (χ3v) is 4.32. The minimum absolute atomic E-state index is 0.833. The summed E-state index contributed by atoms with van der Waals surface area (Å²) < 4.78 is 1.89. The highest BCUT2D eigenvalue weighted by Gasteiger charge is 2.22. The van der Waals surface area contributed by atoms with Crippen LogP contribution in [0, 0.1) is 0 Å². The van der Waals surface area contributed by atoms with E-state index in [1.165, 1.54) is 5.56 Å². The number of pyridine rings is 1. The van der Waals surface area contributed by atoms with Crippen LogP contribution in [0.2, 0.25) is 0 Å². The lowest BCUT2D eigenvalue weighted by molar-refractivity contribution is 0.805. The largest absolute Gasteiger partial charge is 0.262 e. The number of hydrogen-bond acceptors (Lipinski definition) is 5. The lowest BCUT2D eigenvalue weighted by Crippen LogP contribution is -2.07. The summed E-state index contributed by atoms with van der Waals surface area (Å²) in [5.41, 5.74) is 5.44. The zero-order chi connectivity index (χ0) is 14.9. The van der Waals surface area contributed by atoms with Crippen molar-refractivity contribution in [3.8, 4) is 16.9 Å². The third kappa shape index (κ3) is 2.29. The molecule has 0 aromatic carbocycles. The zero-order valence-corrected chi connectivity index (χ0v) is 13.0. The minimum Gasteiger partial charge on any atom is -0.262 e. The summed E-state index contributed by atoms with van der Waals surface area (Å²) in [6, 6.07) is 3.92. The first-order valence-corrected chi connectivity index (χ1v) is 8.57. The fourth-order valence-corrected chi connectivity index (χ4v) is 3.12. The Labute approximate surface area is 132 Å². The van der Waals surface area contributed by atoms with Gasteiger partial charge in [-0.15, -0.1) is 0 Å². The van der Waals surface area contributed by atoms with Gasteiger partial charge in [0.2, 0.25) is 0 Å². The molecule has 0 N–H and O–H groups in total. The van der Waals surface area contributed by atoms with Crippen LogP contribution in [-0.2, 0) is 18.6 Å². The minimum atomic E-state index is 0.833. The maximum absolute atomic E-state index is 4.75. The SMILES string of the molecule is CSCc1ncc2c(n1)-c1cn(-c3cccnc3)nc1CC2. The molecule has 0 fully saturated rings. The lowest BCUT2D eigenvalue weighted by Gasteiger charge is -2.14. The van der Waals surface area contributed by atoms with Gasteiger partial charge in [-0.2, -0.15) is 16.9 Å². The number of aryl methyl sites for hydroxylation is 2. The van der Waals surface area contributed by atoms with Gasteiger partial charge in [0.25, 0.3) is 0 Å². The number of nitrogens with zero attached hydrogens (tertiary/aromatic N) is 5. The van der Waals surface area contributed by atoms with Crippen LogP contribution in [0.1, 0.15) is 17.1 Å². The quantitative estimate of drug-likeness (QED) is 0.744. The molecule has 1 aliphatic rings. The molecule has 6 heteroatoms. The molecule has 3 heterocycles. The molecule has 22 heavy (non-hydrogen) atoms. The van der Waals surface area contributed by atoms with Gasteiger partial charge in [-0.25, -0.2) is 14.6 Å². The smallest absolute Gasteiger partial charge is 0.138 e. The van der Waals surface area contributed by atoms with Crippen molar-refractivity contribution in [3.63, 3.8) is 0 Å². The molecule has 0 atom stereocenters. The molecule has 0 radical (unpaired) electrons. The molecule has 3 aromatic heterocycles. The summed E-state index contributed by atoms with van der Waals surface area (Å²) in [5, 5.41) is 4.71. The molecule has 0 unspecified atom stereocenters. The van der Waals surface area contributed by atoms with E-state index in [9.17, 15) is 0 Å². The van der Waals surface area contributed by atoms with E-state index in [0.717, 1.165) is 47.1 Å². The molecular formula is C16H15N5S. The first-order chi connectivity index (χ1) is 10.8. The van der Waals surface area contributed by atoms with Crippen molar-refractivity contribution in [2.75, 3.05) is 6.26 Å². The summed E-state index contributed by atoms with van der Waals surface area (Å²) in [4.78, 5) is 13.4. The molecule has 0 saturated carbocycles. The molecule has 0 aliphatic heterocycles. The average molecular weight is 309 g/mol. The molecule has 3 aromatic rings. The second-order valence-electron chi connectivity index (χ2n) is 5.24. The Morgan fingerprint density at radius 1 is 1.27 bits per heavy atom. The molecule has 4 rings (SSSR count). The van der Waals surface area contributed by atoms with Gasteiger partial charge in [-0.3, -0.25) is 4.98 Å². The van der Waals surface area contributed by atoms with E-state index in [2.05, 4.69) is 22.4 Å². The van der Waals surface area contributed by atoms with E-state index < -0.39 is 0 Å². The van der Waals surface area contributed by atoms with Crippen molar-refractivity contribution in [2.24, 2.45) is 0 Å². The van der Waals surface area contributed by atoms with Crippen LogP contribution in [0.4, 0.5) is 0 Å². The highest BCUT2D eigenvalue weighted by molar-refractivity contribution is 7.97. The van der Waals surface area contributed by atoms with E-state index in [-0.39, 0.29) is 0 Å². The predicted molar refractivity (Wildman–Crippen MR) is 87.0 cm³/mol. The summed E-state index contributed by atoms with van der Waals surface area (Å²) in [6.07, 6.45) is 11.6. The standard InChI is InChI=1S/C16H15N5S/c1-22-10-15-18-7-11-4-5-14-13(16(11)19-15)9-21(20-14)12-3-2-6-17-8-12/h2-3,6-9H,4-5,10H2,1H3. The number of hydrogen-bond donors (Lipinski definition) is 0. The van der Waals surface area contributed by atoms with Gasteiger partial charge >= 0.3 is 0 Å². The Morgan fingerprint density at radius 3 is 3.05 bits per heavy atom. The normalized spacial score (nSPS) is 12.8. The van der Waals surface area contributed by atoms with Gasteiger partial charge < -0.3 is 0 Å². The van der Waals surface area contributed by atoms with E-state index in [1.807, 2.05) is 29.2 Å². The molecule has 0 spiro atoms. The van der Waals surface area contributed by atoms with E-state index in [4.69, 9.17) is 10.1 Å². The van der Waals surface area contributed by atoms with Crippen molar-refractivity contribution in [3.05, 3.63) is 54.0 Å². The van der Waals surface area contributed by atoms with Gasteiger partial charge in [0.15, 0.2) is 0 Å². The van der Waals surface area contributed by atoms with Crippen molar-refractivity contribution >= 4 is 11.8 Å². The molecular weight excluding hydrogens is 294 g/mol. The van der Waals surface area contributed by atoms with Gasteiger partial charge in [0.1, 0.15) is 5.82 Å². The van der Waals surface area contributed by atoms with Crippen LogP contribution < -0.4 is 0 Å². The van der Waals surface area contributed by atoms with Crippen LogP contribution in [0.5, 0.6) is 0 Å². The number of rotatable bonds is 3. The van der Waals surface area contributed by atoms with Gasteiger partial charge in [0, 0.05) is 24.2 Å². The topological polar surface area (TPSA) is 56.5 Å². The monoisotopic (exact) mass is 309 g/mol. The Kier molecular flexibility index (Phi) is 3.38. The van der Waals surface area contributed by atoms with Crippen LogP contribution in [0.15, 0.2) is 36.9 Å². The summed E-state index contributed by atoms with van der Waals surface area (Å²) in [5.74, 6) is 1.72. The second-order valence-corrected chi connectivity index (χ2v) is 6.10. The lowest BCUT2D eigenvalue weighted by atomic mass is 9.95. The Morgan fingerprint density at radius 2 is 2.23 bits per heavy atom. The summed E-state index contributed by atoms with van der Waals surface area (Å²) in [6.45, 7) is 0. The van der Waals surface area contributed by atoms with E-state index in [0.29, 0.717) is 0 Å². The third-order valence-electron chi connectivity index (χ3n) is 3.78. The van der Waals surface area contributed by atoms with E-state index in [1.54, 1.807) is 18.0 Å². The second kappa shape index (κ2) is 5.53. The molecule has 0 amide bonds. The summed E-state index contributed by atoms with van der Waals surface area (Å²) >= 11 is 1.73. The maximum atomic E-state index is 4.75.